The minimum Gasteiger partial charge on any atom is -0.452 e. The zero-order valence-corrected chi connectivity index (χ0v) is 33.9. The lowest BCUT2D eigenvalue weighted by Gasteiger charge is -2.11. The first-order chi connectivity index (χ1) is 30.7. The molecular formula is C55H33N5OS. The third kappa shape index (κ3) is 6.22. The van der Waals surface area contributed by atoms with E-state index in [9.17, 15) is 0 Å². The average Bonchev–Trinajstić information content (AvgIpc) is 3.93. The first-order valence-corrected chi connectivity index (χ1v) is 21.3. The van der Waals surface area contributed by atoms with Crippen LogP contribution in [0.15, 0.2) is 205 Å². The highest BCUT2D eigenvalue weighted by Crippen LogP contribution is 2.44. The molecule has 0 atom stereocenters. The molecule has 0 amide bonds. The molecule has 7 heteroatoms. The van der Waals surface area contributed by atoms with Crippen molar-refractivity contribution < 1.29 is 4.42 Å². The van der Waals surface area contributed by atoms with Gasteiger partial charge in [0.15, 0.2) is 28.9 Å². The second-order valence-corrected chi connectivity index (χ2v) is 16.2. The van der Waals surface area contributed by atoms with Crippen molar-refractivity contribution >= 4 is 53.6 Å². The minimum atomic E-state index is 0.629. The Morgan fingerprint density at radius 1 is 0.355 bits per heavy atom. The van der Waals surface area contributed by atoms with Crippen molar-refractivity contribution in [2.45, 2.75) is 0 Å². The number of nitrogens with zero attached hydrogens (tertiary/aromatic N) is 5. The average molecular weight is 812 g/mol. The molecule has 290 valence electrons. The Bertz CT molecular complexity index is 3620. The number of aromatic nitrogens is 5. The number of hydrogen-bond donors (Lipinski definition) is 0. The predicted molar refractivity (Wildman–Crippen MR) is 254 cm³/mol. The molecule has 8 aromatic carbocycles. The fourth-order valence-corrected chi connectivity index (χ4v) is 9.65. The second kappa shape index (κ2) is 14.9. The van der Waals surface area contributed by atoms with E-state index in [4.69, 9.17) is 29.3 Å². The van der Waals surface area contributed by atoms with Gasteiger partial charge in [0.25, 0.3) is 0 Å². The van der Waals surface area contributed by atoms with Crippen molar-refractivity contribution in [2.75, 3.05) is 0 Å². The van der Waals surface area contributed by atoms with Crippen LogP contribution in [0.4, 0.5) is 0 Å². The molecule has 0 aliphatic rings. The predicted octanol–water partition coefficient (Wildman–Crippen LogP) is 14.6. The Morgan fingerprint density at radius 3 is 1.69 bits per heavy atom. The van der Waals surface area contributed by atoms with Crippen LogP contribution in [0.1, 0.15) is 0 Å². The maximum Gasteiger partial charge on any atom is 0.180 e. The summed E-state index contributed by atoms with van der Waals surface area (Å²) in [6, 6.07) is 68.8. The van der Waals surface area contributed by atoms with E-state index in [0.29, 0.717) is 28.9 Å². The van der Waals surface area contributed by atoms with E-state index in [2.05, 4.69) is 127 Å². The third-order valence-corrected chi connectivity index (χ3v) is 12.6. The highest BCUT2D eigenvalue weighted by atomic mass is 32.1. The standard InChI is InChI=1S/C55H33N5OS/c1-4-15-34(16-5-1)39-21-12-22-40(33-39)54-58-53(37-19-8-3-9-20-37)59-55(60-54)44-26-14-28-46-47(44)43-25-13-24-41(51(43)62-46)35-29-31-38(32-30-35)52-56-48(36-17-6-2-7-18-36)50-49(57-52)42-23-10-11-27-45(42)61-50/h1-33H. The molecule has 0 unspecified atom stereocenters. The van der Waals surface area contributed by atoms with Crippen molar-refractivity contribution in [3.8, 4) is 79.1 Å². The van der Waals surface area contributed by atoms with Crippen LogP contribution in [0.2, 0.25) is 0 Å². The molecule has 0 saturated heterocycles. The van der Waals surface area contributed by atoms with Crippen LogP contribution < -0.4 is 0 Å². The van der Waals surface area contributed by atoms with Gasteiger partial charge in [-0.3, -0.25) is 0 Å². The van der Waals surface area contributed by atoms with E-state index in [1.807, 2.05) is 72.8 Å². The number of benzene rings is 8. The normalized spacial score (nSPS) is 11.5. The lowest BCUT2D eigenvalue weighted by atomic mass is 9.99. The minimum absolute atomic E-state index is 0.629. The number of rotatable bonds is 7. The zero-order valence-electron chi connectivity index (χ0n) is 33.1. The molecule has 0 bridgehead atoms. The highest BCUT2D eigenvalue weighted by molar-refractivity contribution is 7.26. The van der Waals surface area contributed by atoms with Gasteiger partial charge in [-0.15, -0.1) is 11.3 Å². The Morgan fingerprint density at radius 2 is 0.903 bits per heavy atom. The first kappa shape index (κ1) is 35.8. The molecule has 0 N–H and O–H groups in total. The van der Waals surface area contributed by atoms with Crippen molar-refractivity contribution in [3.05, 3.63) is 200 Å². The van der Waals surface area contributed by atoms with E-state index in [-0.39, 0.29) is 0 Å². The summed E-state index contributed by atoms with van der Waals surface area (Å²) in [5, 5.41) is 3.25. The maximum absolute atomic E-state index is 6.34. The summed E-state index contributed by atoms with van der Waals surface area (Å²) in [7, 11) is 0. The summed E-state index contributed by atoms with van der Waals surface area (Å²) in [4.78, 5) is 25.6. The quantitative estimate of drug-likeness (QED) is 0.160. The third-order valence-electron chi connectivity index (χ3n) is 11.4. The summed E-state index contributed by atoms with van der Waals surface area (Å²) in [5.41, 5.74) is 12.3. The van der Waals surface area contributed by atoms with E-state index >= 15 is 0 Å². The van der Waals surface area contributed by atoms with Gasteiger partial charge in [-0.25, -0.2) is 24.9 Å². The largest absolute Gasteiger partial charge is 0.452 e. The molecule has 4 aromatic heterocycles. The molecule has 0 radical (unpaired) electrons. The monoisotopic (exact) mass is 811 g/mol. The molecular weight excluding hydrogens is 779 g/mol. The summed E-state index contributed by atoms with van der Waals surface area (Å²) < 4.78 is 8.71. The summed E-state index contributed by atoms with van der Waals surface area (Å²) in [6.45, 7) is 0. The Hall–Kier alpha value is -8.13. The Balaban J connectivity index is 0.969. The van der Waals surface area contributed by atoms with Gasteiger partial charge in [0.2, 0.25) is 0 Å². The Kier molecular flexibility index (Phi) is 8.57. The van der Waals surface area contributed by atoms with Crippen LogP contribution in [0, 0.1) is 0 Å². The molecule has 4 heterocycles. The molecule has 0 aliphatic heterocycles. The number of furan rings is 1. The number of fused-ring (bicyclic) bond motifs is 6. The van der Waals surface area contributed by atoms with Crippen molar-refractivity contribution in [1.82, 2.24) is 24.9 Å². The van der Waals surface area contributed by atoms with Gasteiger partial charge in [-0.2, -0.15) is 0 Å². The van der Waals surface area contributed by atoms with E-state index < -0.39 is 0 Å². The van der Waals surface area contributed by atoms with Gasteiger partial charge in [0, 0.05) is 53.4 Å². The highest BCUT2D eigenvalue weighted by Gasteiger charge is 2.21. The van der Waals surface area contributed by atoms with Gasteiger partial charge in [0.1, 0.15) is 16.8 Å². The van der Waals surface area contributed by atoms with E-state index in [0.717, 1.165) is 83.0 Å². The molecule has 0 spiro atoms. The molecule has 0 fully saturated rings. The van der Waals surface area contributed by atoms with Crippen LogP contribution in [0.3, 0.4) is 0 Å². The van der Waals surface area contributed by atoms with Crippen LogP contribution in [-0.4, -0.2) is 24.9 Å². The van der Waals surface area contributed by atoms with Gasteiger partial charge < -0.3 is 4.42 Å². The second-order valence-electron chi connectivity index (χ2n) is 15.2. The van der Waals surface area contributed by atoms with Gasteiger partial charge in [-0.1, -0.05) is 176 Å². The molecule has 0 aliphatic carbocycles. The molecule has 12 rings (SSSR count). The van der Waals surface area contributed by atoms with Crippen molar-refractivity contribution in [2.24, 2.45) is 0 Å². The molecule has 6 nitrogen and oxygen atoms in total. The van der Waals surface area contributed by atoms with E-state index in [1.54, 1.807) is 11.3 Å². The summed E-state index contributed by atoms with van der Waals surface area (Å²) in [6.07, 6.45) is 0. The lowest BCUT2D eigenvalue weighted by molar-refractivity contribution is 0.667. The smallest absolute Gasteiger partial charge is 0.180 e. The van der Waals surface area contributed by atoms with Gasteiger partial charge >= 0.3 is 0 Å². The zero-order chi connectivity index (χ0) is 41.0. The molecule has 12 aromatic rings. The van der Waals surface area contributed by atoms with Crippen LogP contribution in [-0.2, 0) is 0 Å². The number of thiophene rings is 1. The van der Waals surface area contributed by atoms with Crippen LogP contribution in [0.25, 0.3) is 121 Å². The molecule has 0 saturated carbocycles. The topological polar surface area (TPSA) is 77.6 Å². The van der Waals surface area contributed by atoms with Gasteiger partial charge in [0.05, 0.1) is 0 Å². The first-order valence-electron chi connectivity index (χ1n) is 20.5. The van der Waals surface area contributed by atoms with Crippen molar-refractivity contribution in [1.29, 1.82) is 0 Å². The number of para-hydroxylation sites is 1. The molecule has 62 heavy (non-hydrogen) atoms. The number of hydrogen-bond acceptors (Lipinski definition) is 7. The fraction of sp³-hybridized carbons (Fsp3) is 0. The lowest BCUT2D eigenvalue weighted by Crippen LogP contribution is -2.00. The Labute approximate surface area is 360 Å². The van der Waals surface area contributed by atoms with E-state index in [1.165, 1.54) is 9.40 Å². The van der Waals surface area contributed by atoms with Gasteiger partial charge in [-0.05, 0) is 46.5 Å². The maximum atomic E-state index is 6.34. The SMILES string of the molecule is c1ccc(-c2cccc(-c3nc(-c4ccccc4)nc(-c4cccc5sc6c(-c7ccc(-c8nc(-c9ccccc9)c9oc%10ccccc%10c9n8)cc7)cccc6c45)n3)c2)cc1. The summed E-state index contributed by atoms with van der Waals surface area (Å²) in [5.74, 6) is 2.55. The van der Waals surface area contributed by atoms with Crippen LogP contribution in [0.5, 0.6) is 0 Å². The summed E-state index contributed by atoms with van der Waals surface area (Å²) >= 11 is 1.79. The van der Waals surface area contributed by atoms with Crippen molar-refractivity contribution in [3.63, 3.8) is 0 Å². The van der Waals surface area contributed by atoms with Crippen LogP contribution >= 0.6 is 11.3 Å². The fourth-order valence-electron chi connectivity index (χ4n) is 8.38.